The second-order valence-corrected chi connectivity index (χ2v) is 2.59. The predicted octanol–water partition coefficient (Wildman–Crippen LogP) is 2.35. The summed E-state index contributed by atoms with van der Waals surface area (Å²) in [6.45, 7) is 4.00. The van der Waals surface area contributed by atoms with E-state index in [-0.39, 0.29) is 5.69 Å². The Morgan fingerprint density at radius 1 is 1.20 bits per heavy atom. The number of benzene rings is 1. The van der Waals surface area contributed by atoms with Crippen molar-refractivity contribution in [3.8, 4) is 0 Å². The van der Waals surface area contributed by atoms with Crippen LogP contribution in [0, 0.1) is 0 Å². The van der Waals surface area contributed by atoms with Gasteiger partial charge >= 0.3 is 5.97 Å². The minimum absolute atomic E-state index is 0.0290. The van der Waals surface area contributed by atoms with Gasteiger partial charge in [-0.15, -0.1) is 10.2 Å². The minimum Gasteiger partial charge on any atom is -0.476 e. The second kappa shape index (κ2) is 5.05. The molecule has 1 heterocycles. The average Bonchev–Trinajstić information content (AvgIpc) is 2.31. The summed E-state index contributed by atoms with van der Waals surface area (Å²) < 4.78 is 0. The van der Waals surface area contributed by atoms with Crippen LogP contribution in [-0.4, -0.2) is 21.3 Å². The van der Waals surface area contributed by atoms with E-state index in [0.29, 0.717) is 5.52 Å². The van der Waals surface area contributed by atoms with Crippen molar-refractivity contribution in [2.24, 2.45) is 0 Å². The molecule has 0 saturated heterocycles. The van der Waals surface area contributed by atoms with Crippen LogP contribution in [0.2, 0.25) is 0 Å². The first-order valence-electron chi connectivity index (χ1n) is 4.73. The first kappa shape index (κ1) is 11.1. The number of hydrogen-bond donors (Lipinski definition) is 1. The molecule has 2 aromatic rings. The summed E-state index contributed by atoms with van der Waals surface area (Å²) in [5, 5.41) is 16.8. The SMILES string of the molecule is CC.O=C(O)c1cc2ccccc2nn1. The Kier molecular flexibility index (Phi) is 3.74. The van der Waals surface area contributed by atoms with Crippen LogP contribution in [0.5, 0.6) is 0 Å². The third kappa shape index (κ3) is 2.49. The van der Waals surface area contributed by atoms with Gasteiger partial charge in [0.2, 0.25) is 0 Å². The van der Waals surface area contributed by atoms with Crippen molar-refractivity contribution in [1.29, 1.82) is 0 Å². The quantitative estimate of drug-likeness (QED) is 0.774. The summed E-state index contributed by atoms with van der Waals surface area (Å²) >= 11 is 0. The molecule has 0 spiro atoms. The molecule has 0 radical (unpaired) electrons. The number of fused-ring (bicyclic) bond motifs is 1. The molecule has 1 aromatic heterocycles. The van der Waals surface area contributed by atoms with Gasteiger partial charge in [0.15, 0.2) is 5.69 Å². The van der Waals surface area contributed by atoms with Gasteiger partial charge in [0.05, 0.1) is 5.52 Å². The third-order valence-corrected chi connectivity index (χ3v) is 1.71. The van der Waals surface area contributed by atoms with Gasteiger partial charge in [-0.2, -0.15) is 0 Å². The Hall–Kier alpha value is -1.97. The van der Waals surface area contributed by atoms with Gasteiger partial charge in [-0.3, -0.25) is 0 Å². The van der Waals surface area contributed by atoms with Gasteiger partial charge in [-0.05, 0) is 12.1 Å². The van der Waals surface area contributed by atoms with Crippen molar-refractivity contribution < 1.29 is 9.90 Å². The molecule has 1 N–H and O–H groups in total. The topological polar surface area (TPSA) is 63.1 Å². The zero-order valence-electron chi connectivity index (χ0n) is 8.64. The van der Waals surface area contributed by atoms with Crippen LogP contribution in [0.15, 0.2) is 30.3 Å². The van der Waals surface area contributed by atoms with Crippen LogP contribution in [-0.2, 0) is 0 Å². The van der Waals surface area contributed by atoms with Crippen LogP contribution in [0.4, 0.5) is 0 Å². The first-order valence-corrected chi connectivity index (χ1v) is 4.73. The van der Waals surface area contributed by atoms with E-state index in [1.54, 1.807) is 12.1 Å². The normalized spacial score (nSPS) is 9.20. The number of carboxylic acids is 1. The van der Waals surface area contributed by atoms with E-state index in [0.717, 1.165) is 5.39 Å². The summed E-state index contributed by atoms with van der Waals surface area (Å²) in [5.41, 5.74) is 0.672. The van der Waals surface area contributed by atoms with E-state index in [1.165, 1.54) is 6.07 Å². The smallest absolute Gasteiger partial charge is 0.356 e. The molecule has 2 rings (SSSR count). The monoisotopic (exact) mass is 204 g/mol. The standard InChI is InChI=1S/C9H6N2O2.C2H6/c12-9(13)8-5-6-3-1-2-4-7(6)10-11-8;1-2/h1-5H,(H,12,13);1-2H3. The van der Waals surface area contributed by atoms with Crippen molar-refractivity contribution >= 4 is 16.9 Å². The van der Waals surface area contributed by atoms with Gasteiger partial charge in [0.25, 0.3) is 0 Å². The molecule has 78 valence electrons. The van der Waals surface area contributed by atoms with Gasteiger partial charge in [0, 0.05) is 5.39 Å². The number of carboxylic acid groups (broad SMARTS) is 1. The highest BCUT2D eigenvalue weighted by Crippen LogP contribution is 2.10. The van der Waals surface area contributed by atoms with Crippen molar-refractivity contribution in [1.82, 2.24) is 10.2 Å². The maximum absolute atomic E-state index is 10.5. The van der Waals surface area contributed by atoms with E-state index < -0.39 is 5.97 Å². The van der Waals surface area contributed by atoms with E-state index in [4.69, 9.17) is 5.11 Å². The van der Waals surface area contributed by atoms with Crippen LogP contribution < -0.4 is 0 Å². The third-order valence-electron chi connectivity index (χ3n) is 1.71. The molecule has 0 bridgehead atoms. The van der Waals surface area contributed by atoms with Crippen LogP contribution >= 0.6 is 0 Å². The zero-order chi connectivity index (χ0) is 11.3. The Morgan fingerprint density at radius 2 is 1.87 bits per heavy atom. The van der Waals surface area contributed by atoms with Crippen molar-refractivity contribution in [2.75, 3.05) is 0 Å². The molecular weight excluding hydrogens is 192 g/mol. The zero-order valence-corrected chi connectivity index (χ0v) is 8.64. The van der Waals surface area contributed by atoms with Gasteiger partial charge in [-0.1, -0.05) is 32.0 Å². The van der Waals surface area contributed by atoms with Crippen molar-refractivity contribution in [3.05, 3.63) is 36.0 Å². The summed E-state index contributed by atoms with van der Waals surface area (Å²) in [5.74, 6) is -1.06. The second-order valence-electron chi connectivity index (χ2n) is 2.59. The molecule has 0 amide bonds. The van der Waals surface area contributed by atoms with Crippen molar-refractivity contribution in [2.45, 2.75) is 13.8 Å². The fourth-order valence-electron chi connectivity index (χ4n) is 1.09. The first-order chi connectivity index (χ1) is 7.27. The minimum atomic E-state index is -1.06. The molecule has 0 fully saturated rings. The number of carbonyl (C=O) groups is 1. The van der Waals surface area contributed by atoms with Crippen LogP contribution in [0.25, 0.3) is 10.9 Å². The van der Waals surface area contributed by atoms with Crippen molar-refractivity contribution in [3.63, 3.8) is 0 Å². The van der Waals surface area contributed by atoms with E-state index >= 15 is 0 Å². The molecule has 4 heteroatoms. The lowest BCUT2D eigenvalue weighted by atomic mass is 10.2. The molecule has 0 unspecified atom stereocenters. The van der Waals surface area contributed by atoms with E-state index in [9.17, 15) is 4.79 Å². The fourth-order valence-corrected chi connectivity index (χ4v) is 1.09. The van der Waals surface area contributed by atoms with Gasteiger partial charge in [-0.25, -0.2) is 4.79 Å². The number of hydrogen-bond acceptors (Lipinski definition) is 3. The summed E-state index contributed by atoms with van der Waals surface area (Å²) in [6, 6.07) is 8.75. The maximum atomic E-state index is 10.5. The van der Waals surface area contributed by atoms with E-state index in [1.807, 2.05) is 26.0 Å². The molecule has 0 aliphatic heterocycles. The molecule has 15 heavy (non-hydrogen) atoms. The maximum Gasteiger partial charge on any atom is 0.356 e. The summed E-state index contributed by atoms with van der Waals surface area (Å²) in [4.78, 5) is 10.5. The molecule has 1 aromatic carbocycles. The largest absolute Gasteiger partial charge is 0.476 e. The Morgan fingerprint density at radius 3 is 2.53 bits per heavy atom. The Balaban J connectivity index is 0.000000531. The van der Waals surface area contributed by atoms with Gasteiger partial charge < -0.3 is 5.11 Å². The van der Waals surface area contributed by atoms with E-state index in [2.05, 4.69) is 10.2 Å². The highest BCUT2D eigenvalue weighted by molar-refractivity contribution is 5.90. The lowest BCUT2D eigenvalue weighted by Crippen LogP contribution is -2.01. The highest BCUT2D eigenvalue weighted by atomic mass is 16.4. The van der Waals surface area contributed by atoms with Crippen LogP contribution in [0.1, 0.15) is 24.3 Å². The molecule has 0 aliphatic carbocycles. The Labute approximate surface area is 87.6 Å². The predicted molar refractivity (Wildman–Crippen MR) is 57.8 cm³/mol. The molecule has 4 nitrogen and oxygen atoms in total. The van der Waals surface area contributed by atoms with Crippen LogP contribution in [0.3, 0.4) is 0 Å². The lowest BCUT2D eigenvalue weighted by molar-refractivity contribution is 0.0689. The lowest BCUT2D eigenvalue weighted by Gasteiger charge is -1.95. The number of aromatic carboxylic acids is 1. The molecule has 0 saturated carbocycles. The number of aromatic nitrogens is 2. The number of nitrogens with zero attached hydrogens (tertiary/aromatic N) is 2. The number of rotatable bonds is 1. The Bertz CT molecular complexity index is 469. The fraction of sp³-hybridized carbons (Fsp3) is 0.182. The molecular formula is C11H12N2O2. The average molecular weight is 204 g/mol. The highest BCUT2D eigenvalue weighted by Gasteiger charge is 2.05. The summed E-state index contributed by atoms with van der Waals surface area (Å²) in [6.07, 6.45) is 0. The molecule has 0 aliphatic rings. The molecule has 0 atom stereocenters. The van der Waals surface area contributed by atoms with Gasteiger partial charge in [0.1, 0.15) is 0 Å². The summed E-state index contributed by atoms with van der Waals surface area (Å²) in [7, 11) is 0.